The highest BCUT2D eigenvalue weighted by Gasteiger charge is 2.34. The van der Waals surface area contributed by atoms with E-state index in [-0.39, 0.29) is 42.0 Å². The summed E-state index contributed by atoms with van der Waals surface area (Å²) >= 11 is 0. The van der Waals surface area contributed by atoms with Gasteiger partial charge in [-0.15, -0.1) is 0 Å². The van der Waals surface area contributed by atoms with Crippen LogP contribution in [0.15, 0.2) is 41.3 Å². The number of likely N-dealkylation sites (tertiary alicyclic amines) is 1. The molecule has 12 heteroatoms. The molecule has 4 N–H and O–H groups in total. The monoisotopic (exact) mass is 578 g/mol. The summed E-state index contributed by atoms with van der Waals surface area (Å²) in [4.78, 5) is 40.9. The van der Waals surface area contributed by atoms with Gasteiger partial charge >= 0.3 is 0 Å². The number of benzene rings is 2. The first kappa shape index (κ1) is 27.9. The third-order valence-corrected chi connectivity index (χ3v) is 8.11. The van der Waals surface area contributed by atoms with Gasteiger partial charge in [0.2, 0.25) is 0 Å². The van der Waals surface area contributed by atoms with Crippen LogP contribution >= 0.6 is 0 Å². The first-order chi connectivity index (χ1) is 20.2. The lowest BCUT2D eigenvalue weighted by molar-refractivity contribution is 0.0617. The number of carbonyl (C=O) groups excluding carboxylic acids is 1. The van der Waals surface area contributed by atoms with Crippen LogP contribution < -0.4 is 15.6 Å². The van der Waals surface area contributed by atoms with Gasteiger partial charge in [-0.05, 0) is 75.8 Å². The maximum absolute atomic E-state index is 14.1. The number of nitrogens with zero attached hydrogens (tertiary/aromatic N) is 3. The van der Waals surface area contributed by atoms with Crippen molar-refractivity contribution in [1.29, 1.82) is 0 Å². The summed E-state index contributed by atoms with van der Waals surface area (Å²) in [5.74, 6) is -1.27. The highest BCUT2D eigenvalue weighted by molar-refractivity contribution is 6.02. The molecule has 42 heavy (non-hydrogen) atoms. The van der Waals surface area contributed by atoms with Crippen molar-refractivity contribution in [2.75, 3.05) is 38.6 Å². The molecule has 1 amide bonds. The first-order valence-corrected chi connectivity index (χ1v) is 13.9. The Morgan fingerprint density at radius 1 is 1.17 bits per heavy atom. The molecule has 0 aliphatic carbocycles. The second-order valence-corrected chi connectivity index (χ2v) is 11.0. The summed E-state index contributed by atoms with van der Waals surface area (Å²) in [6.45, 7) is 3.53. The van der Waals surface area contributed by atoms with Gasteiger partial charge in [-0.3, -0.25) is 9.59 Å². The molecule has 6 rings (SSSR count). The molecule has 0 bridgehead atoms. The SMILES string of the molecule is Cc1c(F)ccc(F)c1OC[C@H](O)CNc1cc[nH]c(=O)c1-c1nc2cc3c(cc2[nH]1)CN(C1CCN(C)CC1)C3=O. The van der Waals surface area contributed by atoms with Crippen molar-refractivity contribution in [3.8, 4) is 17.1 Å². The molecule has 2 aromatic heterocycles. The van der Waals surface area contributed by atoms with Crippen LogP contribution in [0.25, 0.3) is 22.4 Å². The average Bonchev–Trinajstić information content (AvgIpc) is 3.53. The largest absolute Gasteiger partial charge is 0.487 e. The standard InChI is InChI=1S/C30H32F2N6O4/c1-16-21(31)3-4-22(32)27(16)42-15-19(39)13-34-23-5-8-33-29(40)26(23)28-35-24-11-17-14-38(18-6-9-37(2)10-7-18)30(41)20(17)12-25(24)36-28/h3-5,8,11-12,18-19,39H,6-7,9-10,13-15H2,1-2H3,(H,35,36)(H2,33,34,40)/t19-/m1/s1. The molecule has 1 fully saturated rings. The first-order valence-electron chi connectivity index (χ1n) is 13.9. The number of aromatic nitrogens is 3. The lowest BCUT2D eigenvalue weighted by Gasteiger charge is -2.34. The Morgan fingerprint density at radius 3 is 2.71 bits per heavy atom. The van der Waals surface area contributed by atoms with Crippen LogP contribution in [0.3, 0.4) is 0 Å². The second kappa shape index (κ2) is 11.2. The average molecular weight is 579 g/mol. The molecular formula is C30H32F2N6O4. The van der Waals surface area contributed by atoms with Gasteiger partial charge in [-0.2, -0.15) is 0 Å². The molecule has 220 valence electrons. The maximum atomic E-state index is 14.1. The number of imidazole rings is 1. The number of carbonyl (C=O) groups is 1. The Labute approximate surface area is 240 Å². The van der Waals surface area contributed by atoms with E-state index < -0.39 is 23.3 Å². The fraction of sp³-hybridized carbons (Fsp3) is 0.367. The number of piperidine rings is 1. The predicted octanol–water partition coefficient (Wildman–Crippen LogP) is 3.41. The van der Waals surface area contributed by atoms with Gasteiger partial charge < -0.3 is 34.9 Å². The Bertz CT molecular complexity index is 1710. The molecule has 1 saturated heterocycles. The predicted molar refractivity (Wildman–Crippen MR) is 154 cm³/mol. The van der Waals surface area contributed by atoms with Crippen molar-refractivity contribution in [2.45, 2.75) is 38.5 Å². The van der Waals surface area contributed by atoms with Crippen LogP contribution in [0.1, 0.15) is 34.3 Å². The number of halogens is 2. The van der Waals surface area contributed by atoms with E-state index in [1.165, 1.54) is 13.1 Å². The smallest absolute Gasteiger partial charge is 0.261 e. The van der Waals surface area contributed by atoms with Crippen molar-refractivity contribution >= 4 is 22.6 Å². The van der Waals surface area contributed by atoms with Crippen LogP contribution in [-0.2, 0) is 6.54 Å². The molecule has 2 aliphatic rings. The van der Waals surface area contributed by atoms with Crippen molar-refractivity contribution in [3.63, 3.8) is 0 Å². The molecule has 1 atom stereocenters. The normalized spacial score (nSPS) is 16.7. The minimum atomic E-state index is -1.10. The zero-order valence-electron chi connectivity index (χ0n) is 23.3. The number of nitrogens with one attached hydrogen (secondary N) is 3. The number of H-pyrrole nitrogens is 2. The molecule has 0 unspecified atom stereocenters. The molecule has 4 aromatic rings. The van der Waals surface area contributed by atoms with Crippen molar-refractivity contribution in [1.82, 2.24) is 24.8 Å². The maximum Gasteiger partial charge on any atom is 0.261 e. The molecule has 2 aromatic carbocycles. The molecule has 2 aliphatic heterocycles. The van der Waals surface area contributed by atoms with E-state index in [2.05, 4.69) is 32.2 Å². The summed E-state index contributed by atoms with van der Waals surface area (Å²) in [6.07, 6.45) is 2.27. The second-order valence-electron chi connectivity index (χ2n) is 11.0. The number of rotatable bonds is 8. The zero-order chi connectivity index (χ0) is 29.5. The molecule has 0 saturated carbocycles. The number of amides is 1. The summed E-state index contributed by atoms with van der Waals surface area (Å²) < 4.78 is 33.2. The highest BCUT2D eigenvalue weighted by atomic mass is 19.1. The van der Waals surface area contributed by atoms with E-state index in [1.807, 2.05) is 11.0 Å². The number of hydrogen-bond donors (Lipinski definition) is 4. The van der Waals surface area contributed by atoms with Crippen molar-refractivity contribution < 1.29 is 23.4 Å². The number of ether oxygens (including phenoxy) is 1. The summed E-state index contributed by atoms with van der Waals surface area (Å²) in [5.41, 5.74) is 3.08. The Hall–Kier alpha value is -4.29. The number of aliphatic hydroxyl groups is 1. The van der Waals surface area contributed by atoms with Gasteiger partial charge in [0.1, 0.15) is 29.9 Å². The quantitative estimate of drug-likeness (QED) is 0.253. The van der Waals surface area contributed by atoms with E-state index in [9.17, 15) is 23.5 Å². The van der Waals surface area contributed by atoms with E-state index >= 15 is 0 Å². The molecule has 0 spiro atoms. The third kappa shape index (κ3) is 5.23. The Kier molecular flexibility index (Phi) is 7.42. The number of aliphatic hydroxyl groups excluding tert-OH is 1. The summed E-state index contributed by atoms with van der Waals surface area (Å²) in [7, 11) is 2.09. The fourth-order valence-electron chi connectivity index (χ4n) is 5.70. The van der Waals surface area contributed by atoms with E-state index in [0.29, 0.717) is 34.7 Å². The highest BCUT2D eigenvalue weighted by Crippen LogP contribution is 2.32. The van der Waals surface area contributed by atoms with Gasteiger partial charge in [-0.1, -0.05) is 0 Å². The van der Waals surface area contributed by atoms with Crippen LogP contribution in [0.4, 0.5) is 14.5 Å². The van der Waals surface area contributed by atoms with Crippen molar-refractivity contribution in [3.05, 3.63) is 75.2 Å². The van der Waals surface area contributed by atoms with Crippen LogP contribution in [0.5, 0.6) is 5.75 Å². The van der Waals surface area contributed by atoms with Gasteiger partial charge in [-0.25, -0.2) is 13.8 Å². The van der Waals surface area contributed by atoms with Gasteiger partial charge in [0.25, 0.3) is 11.5 Å². The van der Waals surface area contributed by atoms with E-state index in [0.717, 1.165) is 43.6 Å². The third-order valence-electron chi connectivity index (χ3n) is 8.11. The fourth-order valence-corrected chi connectivity index (χ4v) is 5.70. The Balaban J connectivity index is 1.18. The molecule has 4 heterocycles. The van der Waals surface area contributed by atoms with Crippen molar-refractivity contribution in [2.24, 2.45) is 0 Å². The number of pyridine rings is 1. The van der Waals surface area contributed by atoms with Crippen LogP contribution in [-0.4, -0.2) is 81.2 Å². The number of hydrogen-bond acceptors (Lipinski definition) is 7. The molecule has 0 radical (unpaired) electrons. The lowest BCUT2D eigenvalue weighted by Crippen LogP contribution is -2.43. The lowest BCUT2D eigenvalue weighted by atomic mass is 10.0. The summed E-state index contributed by atoms with van der Waals surface area (Å²) in [6, 6.07) is 7.54. The zero-order valence-corrected chi connectivity index (χ0v) is 23.3. The van der Waals surface area contributed by atoms with Gasteiger partial charge in [0, 0.05) is 36.5 Å². The van der Waals surface area contributed by atoms with E-state index in [1.54, 1.807) is 12.1 Å². The van der Waals surface area contributed by atoms with Gasteiger partial charge in [0.05, 0.1) is 16.7 Å². The molecule has 10 nitrogen and oxygen atoms in total. The molecular weight excluding hydrogens is 546 g/mol. The number of anilines is 1. The topological polar surface area (TPSA) is 127 Å². The van der Waals surface area contributed by atoms with Crippen LogP contribution in [0.2, 0.25) is 0 Å². The minimum absolute atomic E-state index is 0.00967. The van der Waals surface area contributed by atoms with Gasteiger partial charge in [0.15, 0.2) is 11.6 Å². The van der Waals surface area contributed by atoms with E-state index in [4.69, 9.17) is 4.74 Å². The Morgan fingerprint density at radius 2 is 1.93 bits per heavy atom. The number of aromatic amines is 2. The van der Waals surface area contributed by atoms with Crippen LogP contribution in [0, 0.1) is 18.6 Å². The minimum Gasteiger partial charge on any atom is -0.487 e. The number of fused-ring (bicyclic) bond motifs is 2. The summed E-state index contributed by atoms with van der Waals surface area (Å²) in [5, 5.41) is 13.5.